The molecule has 0 amide bonds. The summed E-state index contributed by atoms with van der Waals surface area (Å²) in [6.07, 6.45) is 4.82. The Kier molecular flexibility index (Phi) is 4.99. The second-order valence-corrected chi connectivity index (χ2v) is 6.62. The van der Waals surface area contributed by atoms with Crippen molar-refractivity contribution in [2.24, 2.45) is 7.05 Å². The summed E-state index contributed by atoms with van der Waals surface area (Å²) in [4.78, 5) is 2.19. The smallest absolute Gasteiger partial charge is 0.123 e. The van der Waals surface area contributed by atoms with Gasteiger partial charge in [-0.15, -0.1) is 0 Å². The van der Waals surface area contributed by atoms with Crippen molar-refractivity contribution >= 4 is 0 Å². The summed E-state index contributed by atoms with van der Waals surface area (Å²) in [6.45, 7) is 5.51. The Morgan fingerprint density at radius 1 is 1.20 bits per heavy atom. The van der Waals surface area contributed by atoms with Gasteiger partial charge in [0.2, 0.25) is 0 Å². The lowest BCUT2D eigenvalue weighted by molar-refractivity contribution is 0.330. The van der Waals surface area contributed by atoms with E-state index in [1.165, 1.54) is 11.6 Å². The lowest BCUT2D eigenvalue weighted by Crippen LogP contribution is -2.22. The Labute approximate surface area is 147 Å². The van der Waals surface area contributed by atoms with E-state index in [1.807, 2.05) is 55.8 Å². The molecule has 0 spiro atoms. The third kappa shape index (κ3) is 4.14. The predicted octanol–water partition coefficient (Wildman–Crippen LogP) is 3.04. The van der Waals surface area contributed by atoms with Crippen LogP contribution in [0.4, 0.5) is 4.39 Å². The molecule has 25 heavy (non-hydrogen) atoms. The van der Waals surface area contributed by atoms with Crippen molar-refractivity contribution < 1.29 is 4.39 Å². The minimum Gasteiger partial charge on any atom is -0.302 e. The molecule has 0 aliphatic heterocycles. The van der Waals surface area contributed by atoms with E-state index in [0.717, 1.165) is 35.6 Å². The SMILES string of the molecule is Cc1cc(C)n(-c2ccc(F)cc2CN(C)CCc2cnn(C)c2)n1. The van der Waals surface area contributed by atoms with Crippen LogP contribution in [0.2, 0.25) is 0 Å². The molecule has 0 N–H and O–H groups in total. The van der Waals surface area contributed by atoms with E-state index >= 15 is 0 Å². The molecule has 132 valence electrons. The average molecular weight is 341 g/mol. The maximum atomic E-state index is 13.8. The van der Waals surface area contributed by atoms with Crippen molar-refractivity contribution in [2.45, 2.75) is 26.8 Å². The Balaban J connectivity index is 1.77. The first-order valence-corrected chi connectivity index (χ1v) is 8.40. The minimum atomic E-state index is -0.221. The average Bonchev–Trinajstić information content (AvgIpc) is 3.11. The largest absolute Gasteiger partial charge is 0.302 e. The van der Waals surface area contributed by atoms with Gasteiger partial charge in [-0.25, -0.2) is 9.07 Å². The van der Waals surface area contributed by atoms with Crippen molar-refractivity contribution in [1.82, 2.24) is 24.5 Å². The van der Waals surface area contributed by atoms with Crippen LogP contribution in [0.5, 0.6) is 0 Å². The fourth-order valence-electron chi connectivity index (χ4n) is 3.05. The molecule has 0 radical (unpaired) electrons. The van der Waals surface area contributed by atoms with Gasteiger partial charge in [0.25, 0.3) is 0 Å². The van der Waals surface area contributed by atoms with E-state index in [-0.39, 0.29) is 5.82 Å². The van der Waals surface area contributed by atoms with E-state index in [1.54, 1.807) is 12.1 Å². The van der Waals surface area contributed by atoms with Gasteiger partial charge in [0.05, 0.1) is 17.6 Å². The number of aryl methyl sites for hydroxylation is 3. The van der Waals surface area contributed by atoms with Gasteiger partial charge in [-0.3, -0.25) is 4.68 Å². The number of likely N-dealkylation sites (N-methyl/N-ethyl adjacent to an activating group) is 1. The highest BCUT2D eigenvalue weighted by molar-refractivity contribution is 5.42. The minimum absolute atomic E-state index is 0.221. The Bertz CT molecular complexity index is 865. The maximum absolute atomic E-state index is 13.8. The summed E-state index contributed by atoms with van der Waals surface area (Å²) in [5.41, 5.74) is 5.06. The third-order valence-corrected chi connectivity index (χ3v) is 4.26. The molecule has 0 atom stereocenters. The van der Waals surface area contributed by atoms with Crippen LogP contribution >= 0.6 is 0 Å². The van der Waals surface area contributed by atoms with Crippen molar-refractivity contribution in [3.63, 3.8) is 0 Å². The van der Waals surface area contributed by atoms with E-state index in [9.17, 15) is 4.39 Å². The fraction of sp³-hybridized carbons (Fsp3) is 0.368. The van der Waals surface area contributed by atoms with Crippen molar-refractivity contribution in [1.29, 1.82) is 0 Å². The maximum Gasteiger partial charge on any atom is 0.123 e. The van der Waals surface area contributed by atoms with Gasteiger partial charge in [-0.2, -0.15) is 10.2 Å². The first kappa shape index (κ1) is 17.4. The van der Waals surface area contributed by atoms with E-state index in [4.69, 9.17) is 0 Å². The summed E-state index contributed by atoms with van der Waals surface area (Å²) in [5, 5.41) is 8.73. The number of hydrogen-bond donors (Lipinski definition) is 0. The molecule has 0 saturated carbocycles. The van der Waals surface area contributed by atoms with Gasteiger partial charge in [-0.1, -0.05) is 0 Å². The Hall–Kier alpha value is -2.47. The molecule has 0 fully saturated rings. The summed E-state index contributed by atoms with van der Waals surface area (Å²) in [5.74, 6) is -0.221. The van der Waals surface area contributed by atoms with Gasteiger partial charge in [-0.05, 0) is 62.7 Å². The van der Waals surface area contributed by atoms with Crippen LogP contribution in [0.15, 0.2) is 36.7 Å². The van der Waals surface area contributed by atoms with Crippen LogP contribution in [0.25, 0.3) is 5.69 Å². The standard InChI is InChI=1S/C19H24FN5/c1-14-9-15(2)25(22-14)19-6-5-18(20)10-17(19)13-23(3)8-7-16-11-21-24(4)12-16/h5-6,9-12H,7-8,13H2,1-4H3. The van der Waals surface area contributed by atoms with Gasteiger partial charge >= 0.3 is 0 Å². The van der Waals surface area contributed by atoms with E-state index in [0.29, 0.717) is 6.54 Å². The molecule has 0 unspecified atom stereocenters. The Morgan fingerprint density at radius 3 is 2.64 bits per heavy atom. The Morgan fingerprint density at radius 2 is 2.00 bits per heavy atom. The van der Waals surface area contributed by atoms with Gasteiger partial charge < -0.3 is 4.90 Å². The zero-order valence-electron chi connectivity index (χ0n) is 15.2. The number of hydrogen-bond acceptors (Lipinski definition) is 3. The van der Waals surface area contributed by atoms with Crippen LogP contribution in [-0.2, 0) is 20.0 Å². The predicted molar refractivity (Wildman–Crippen MR) is 96.2 cm³/mol. The first-order chi connectivity index (χ1) is 11.9. The van der Waals surface area contributed by atoms with Gasteiger partial charge in [0, 0.05) is 32.0 Å². The van der Waals surface area contributed by atoms with Crippen LogP contribution in [0.3, 0.4) is 0 Å². The van der Waals surface area contributed by atoms with Crippen LogP contribution in [-0.4, -0.2) is 38.1 Å². The zero-order chi connectivity index (χ0) is 18.0. The first-order valence-electron chi connectivity index (χ1n) is 8.40. The molecule has 3 rings (SSSR count). The number of halogens is 1. The number of nitrogens with zero attached hydrogens (tertiary/aromatic N) is 5. The summed E-state index contributed by atoms with van der Waals surface area (Å²) >= 11 is 0. The summed E-state index contributed by atoms with van der Waals surface area (Å²) < 4.78 is 17.5. The van der Waals surface area contributed by atoms with Crippen LogP contribution in [0, 0.1) is 19.7 Å². The molecular formula is C19H24FN5. The molecule has 5 nitrogen and oxygen atoms in total. The van der Waals surface area contributed by atoms with Crippen LogP contribution < -0.4 is 0 Å². The van der Waals surface area contributed by atoms with E-state index < -0.39 is 0 Å². The second kappa shape index (κ2) is 7.19. The molecule has 0 aliphatic rings. The zero-order valence-corrected chi connectivity index (χ0v) is 15.2. The third-order valence-electron chi connectivity index (χ3n) is 4.26. The van der Waals surface area contributed by atoms with Crippen LogP contribution in [0.1, 0.15) is 22.5 Å². The highest BCUT2D eigenvalue weighted by Crippen LogP contribution is 2.20. The highest BCUT2D eigenvalue weighted by atomic mass is 19.1. The summed E-state index contributed by atoms with van der Waals surface area (Å²) in [6, 6.07) is 6.93. The van der Waals surface area contributed by atoms with Crippen molar-refractivity contribution in [2.75, 3.05) is 13.6 Å². The molecule has 0 bridgehead atoms. The quantitative estimate of drug-likeness (QED) is 0.692. The normalized spacial score (nSPS) is 11.4. The fourth-order valence-corrected chi connectivity index (χ4v) is 3.05. The monoisotopic (exact) mass is 341 g/mol. The van der Waals surface area contributed by atoms with Gasteiger partial charge in [0.1, 0.15) is 5.82 Å². The van der Waals surface area contributed by atoms with Gasteiger partial charge in [0.15, 0.2) is 0 Å². The summed E-state index contributed by atoms with van der Waals surface area (Å²) in [7, 11) is 3.97. The second-order valence-electron chi connectivity index (χ2n) is 6.62. The molecule has 0 saturated heterocycles. The lowest BCUT2D eigenvalue weighted by Gasteiger charge is -2.19. The van der Waals surface area contributed by atoms with Crippen molar-refractivity contribution in [3.05, 3.63) is 65.0 Å². The molecular weight excluding hydrogens is 317 g/mol. The molecule has 6 heteroatoms. The van der Waals surface area contributed by atoms with E-state index in [2.05, 4.69) is 15.1 Å². The molecule has 0 aliphatic carbocycles. The number of rotatable bonds is 6. The lowest BCUT2D eigenvalue weighted by atomic mass is 10.1. The molecule has 2 heterocycles. The van der Waals surface area contributed by atoms with Crippen molar-refractivity contribution in [3.8, 4) is 5.69 Å². The molecule has 2 aromatic heterocycles. The topological polar surface area (TPSA) is 38.9 Å². The highest BCUT2D eigenvalue weighted by Gasteiger charge is 2.12. The molecule has 1 aromatic carbocycles. The number of aromatic nitrogens is 4. The number of benzene rings is 1. The molecule has 3 aromatic rings.